The lowest BCUT2D eigenvalue weighted by atomic mass is 9.82. The highest BCUT2D eigenvalue weighted by atomic mass is 16.5. The molecule has 2 N–H and O–H groups in total. The van der Waals surface area contributed by atoms with Crippen molar-refractivity contribution >= 4 is 12.1 Å². The third-order valence-electron chi connectivity index (χ3n) is 6.04. The molecule has 2 aliphatic carbocycles. The molecule has 2 aromatic carbocycles. The van der Waals surface area contributed by atoms with Crippen LogP contribution >= 0.6 is 0 Å². The maximum atomic E-state index is 12.5. The van der Waals surface area contributed by atoms with Crippen LogP contribution in [0.15, 0.2) is 48.5 Å². The fraction of sp³-hybridized carbons (Fsp3) is 0.391. The number of fused-ring (bicyclic) bond motifs is 3. The fourth-order valence-electron chi connectivity index (χ4n) is 4.22. The highest BCUT2D eigenvalue weighted by Gasteiger charge is 2.46. The average Bonchev–Trinajstić information content (AvgIpc) is 3.47. The van der Waals surface area contributed by atoms with Gasteiger partial charge in [-0.3, -0.25) is 4.79 Å². The zero-order valence-electron chi connectivity index (χ0n) is 16.1. The molecule has 0 spiro atoms. The summed E-state index contributed by atoms with van der Waals surface area (Å²) in [6.45, 7) is 3.54. The number of alkyl carbamates (subject to hydrolysis) is 1. The lowest BCUT2D eigenvalue weighted by molar-refractivity contribution is -0.148. The molecule has 1 amide bonds. The zero-order chi connectivity index (χ0) is 19.9. The van der Waals surface area contributed by atoms with Gasteiger partial charge in [0.05, 0.1) is 11.5 Å². The van der Waals surface area contributed by atoms with Gasteiger partial charge >= 0.3 is 12.1 Å². The molecule has 0 bridgehead atoms. The van der Waals surface area contributed by atoms with Crippen LogP contribution in [0.4, 0.5) is 4.79 Å². The van der Waals surface area contributed by atoms with Gasteiger partial charge in [-0.25, -0.2) is 4.79 Å². The maximum absolute atomic E-state index is 12.5. The van der Waals surface area contributed by atoms with E-state index >= 15 is 0 Å². The van der Waals surface area contributed by atoms with Gasteiger partial charge in [0.25, 0.3) is 0 Å². The summed E-state index contributed by atoms with van der Waals surface area (Å²) in [5.41, 5.74) is 3.62. The van der Waals surface area contributed by atoms with E-state index in [9.17, 15) is 14.7 Å². The molecule has 0 heterocycles. The van der Waals surface area contributed by atoms with Gasteiger partial charge < -0.3 is 15.2 Å². The van der Waals surface area contributed by atoms with E-state index in [2.05, 4.69) is 29.6 Å². The first-order valence-electron chi connectivity index (χ1n) is 9.74. The SMILES string of the molecule is CC(C)(C(=O)O)[C@H](NC(=O)OCC1c2ccccc2-c2ccccc21)C1CC1. The van der Waals surface area contributed by atoms with Crippen LogP contribution in [0.2, 0.25) is 0 Å². The van der Waals surface area contributed by atoms with Crippen molar-refractivity contribution in [1.29, 1.82) is 0 Å². The number of aliphatic carboxylic acids is 1. The van der Waals surface area contributed by atoms with E-state index in [-0.39, 0.29) is 18.4 Å². The van der Waals surface area contributed by atoms with Crippen LogP contribution in [-0.4, -0.2) is 29.8 Å². The molecule has 1 fully saturated rings. The Bertz CT molecular complexity index is 871. The number of rotatable bonds is 6. The lowest BCUT2D eigenvalue weighted by Crippen LogP contribution is -2.50. The molecule has 0 unspecified atom stereocenters. The molecule has 1 saturated carbocycles. The maximum Gasteiger partial charge on any atom is 0.407 e. The van der Waals surface area contributed by atoms with E-state index in [0.717, 1.165) is 24.0 Å². The molecular formula is C23H25NO4. The Morgan fingerprint density at radius 3 is 2.11 bits per heavy atom. The Hall–Kier alpha value is -2.82. The van der Waals surface area contributed by atoms with Crippen molar-refractivity contribution in [2.75, 3.05) is 6.61 Å². The van der Waals surface area contributed by atoms with E-state index in [1.165, 1.54) is 11.1 Å². The predicted molar refractivity (Wildman–Crippen MR) is 106 cm³/mol. The van der Waals surface area contributed by atoms with Gasteiger partial charge in [0, 0.05) is 5.92 Å². The quantitative estimate of drug-likeness (QED) is 0.779. The number of hydrogen-bond donors (Lipinski definition) is 2. The van der Waals surface area contributed by atoms with Gasteiger partial charge in [-0.2, -0.15) is 0 Å². The molecular weight excluding hydrogens is 354 g/mol. The van der Waals surface area contributed by atoms with E-state index in [4.69, 9.17) is 4.74 Å². The summed E-state index contributed by atoms with van der Waals surface area (Å²) in [4.78, 5) is 24.1. The molecule has 0 radical (unpaired) electrons. The van der Waals surface area contributed by atoms with Gasteiger partial charge in [0.2, 0.25) is 0 Å². The standard InChI is InChI=1S/C23H25NO4/c1-23(2,21(25)26)20(14-11-12-14)24-22(27)28-13-19-17-9-5-3-7-15(17)16-8-4-6-10-18(16)19/h3-10,14,19-20H,11-13H2,1-2H3,(H,24,27)(H,25,26)/t20-/m1/s1. The van der Waals surface area contributed by atoms with Crippen molar-refractivity contribution in [3.8, 4) is 11.1 Å². The molecule has 0 aliphatic heterocycles. The van der Waals surface area contributed by atoms with Crippen LogP contribution in [0.1, 0.15) is 43.7 Å². The minimum atomic E-state index is -1.03. The normalized spacial score (nSPS) is 16.8. The summed E-state index contributed by atoms with van der Waals surface area (Å²) in [6, 6.07) is 15.9. The highest BCUT2D eigenvalue weighted by molar-refractivity contribution is 5.79. The second-order valence-electron chi connectivity index (χ2n) is 8.31. The number of carbonyl (C=O) groups is 2. The second kappa shape index (κ2) is 6.97. The van der Waals surface area contributed by atoms with Gasteiger partial charge in [0.1, 0.15) is 6.61 Å². The molecule has 5 heteroatoms. The lowest BCUT2D eigenvalue weighted by Gasteiger charge is -2.31. The zero-order valence-corrected chi connectivity index (χ0v) is 16.1. The van der Waals surface area contributed by atoms with Crippen LogP contribution in [0, 0.1) is 11.3 Å². The summed E-state index contributed by atoms with van der Waals surface area (Å²) in [5, 5.41) is 12.4. The molecule has 28 heavy (non-hydrogen) atoms. The minimum absolute atomic E-state index is 0.00925. The Kier molecular flexibility index (Phi) is 4.61. The summed E-state index contributed by atoms with van der Waals surface area (Å²) in [5.74, 6) is -0.722. The molecule has 2 aliphatic rings. The van der Waals surface area contributed by atoms with E-state index in [0.29, 0.717) is 0 Å². The first kappa shape index (κ1) is 18.5. The van der Waals surface area contributed by atoms with Crippen LogP contribution in [0.25, 0.3) is 11.1 Å². The monoisotopic (exact) mass is 379 g/mol. The van der Waals surface area contributed by atoms with Crippen molar-refractivity contribution in [2.45, 2.75) is 38.6 Å². The topological polar surface area (TPSA) is 75.6 Å². The number of nitrogens with one attached hydrogen (secondary N) is 1. The third kappa shape index (κ3) is 3.26. The number of carbonyl (C=O) groups excluding carboxylic acids is 1. The number of hydrogen-bond acceptors (Lipinski definition) is 3. The van der Waals surface area contributed by atoms with E-state index in [1.54, 1.807) is 13.8 Å². The molecule has 4 rings (SSSR count). The van der Waals surface area contributed by atoms with E-state index in [1.807, 2.05) is 24.3 Å². The van der Waals surface area contributed by atoms with Crippen molar-refractivity contribution in [3.63, 3.8) is 0 Å². The fourth-order valence-corrected chi connectivity index (χ4v) is 4.22. The summed E-state index contributed by atoms with van der Waals surface area (Å²) in [6.07, 6.45) is 1.32. The number of ether oxygens (including phenoxy) is 1. The Morgan fingerprint density at radius 1 is 1.07 bits per heavy atom. The van der Waals surface area contributed by atoms with Crippen molar-refractivity contribution in [2.24, 2.45) is 11.3 Å². The molecule has 1 atom stereocenters. The number of carboxylic acid groups (broad SMARTS) is 1. The highest BCUT2D eigenvalue weighted by Crippen LogP contribution is 2.44. The van der Waals surface area contributed by atoms with Gasteiger partial charge in [-0.15, -0.1) is 0 Å². The van der Waals surface area contributed by atoms with Crippen LogP contribution < -0.4 is 5.32 Å². The van der Waals surface area contributed by atoms with Crippen molar-refractivity contribution in [3.05, 3.63) is 59.7 Å². The summed E-state index contributed by atoms with van der Waals surface area (Å²) in [7, 11) is 0. The summed E-state index contributed by atoms with van der Waals surface area (Å²) >= 11 is 0. The first-order chi connectivity index (χ1) is 13.4. The number of benzene rings is 2. The van der Waals surface area contributed by atoms with Crippen LogP contribution in [0.3, 0.4) is 0 Å². The van der Waals surface area contributed by atoms with Crippen molar-refractivity contribution in [1.82, 2.24) is 5.32 Å². The molecule has 2 aromatic rings. The largest absolute Gasteiger partial charge is 0.481 e. The first-order valence-corrected chi connectivity index (χ1v) is 9.74. The predicted octanol–water partition coefficient (Wildman–Crippen LogP) is 4.41. The van der Waals surface area contributed by atoms with Crippen LogP contribution in [-0.2, 0) is 9.53 Å². The van der Waals surface area contributed by atoms with Crippen LogP contribution in [0.5, 0.6) is 0 Å². The number of carboxylic acids is 1. The summed E-state index contributed by atoms with van der Waals surface area (Å²) < 4.78 is 5.58. The Balaban J connectivity index is 1.47. The van der Waals surface area contributed by atoms with E-state index < -0.39 is 23.5 Å². The molecule has 5 nitrogen and oxygen atoms in total. The molecule has 0 aromatic heterocycles. The van der Waals surface area contributed by atoms with Gasteiger partial charge in [0.15, 0.2) is 0 Å². The minimum Gasteiger partial charge on any atom is -0.481 e. The second-order valence-corrected chi connectivity index (χ2v) is 8.31. The smallest absolute Gasteiger partial charge is 0.407 e. The molecule has 146 valence electrons. The van der Waals surface area contributed by atoms with Gasteiger partial charge in [-0.1, -0.05) is 48.5 Å². The van der Waals surface area contributed by atoms with Gasteiger partial charge in [-0.05, 0) is 54.9 Å². The Labute approximate surface area is 164 Å². The Morgan fingerprint density at radius 2 is 1.61 bits per heavy atom. The average molecular weight is 379 g/mol. The molecule has 0 saturated heterocycles. The third-order valence-corrected chi connectivity index (χ3v) is 6.04. The number of amides is 1. The van der Waals surface area contributed by atoms with Crippen molar-refractivity contribution < 1.29 is 19.4 Å².